The molecule has 0 N–H and O–H groups in total. The van der Waals surface area contributed by atoms with E-state index in [0.29, 0.717) is 37.8 Å². The van der Waals surface area contributed by atoms with Crippen molar-refractivity contribution < 1.29 is 27.1 Å². The van der Waals surface area contributed by atoms with Crippen LogP contribution in [-0.2, 0) is 28.9 Å². The van der Waals surface area contributed by atoms with Crippen molar-refractivity contribution in [2.75, 3.05) is 20.2 Å². The Balaban J connectivity index is 1.62. The molecule has 0 radical (unpaired) electrons. The molecule has 6 nitrogen and oxygen atoms in total. The summed E-state index contributed by atoms with van der Waals surface area (Å²) < 4.78 is 45.9. The Labute approximate surface area is 212 Å². The summed E-state index contributed by atoms with van der Waals surface area (Å²) in [5.74, 6) is -1.23. The van der Waals surface area contributed by atoms with Crippen LogP contribution in [-0.4, -0.2) is 45.4 Å². The second kappa shape index (κ2) is 9.93. The summed E-state index contributed by atoms with van der Waals surface area (Å²) in [4.78, 5) is 26.9. The van der Waals surface area contributed by atoms with Gasteiger partial charge in [-0.1, -0.05) is 12.1 Å². The van der Waals surface area contributed by atoms with Gasteiger partial charge in [0.05, 0.1) is 17.9 Å². The molecule has 1 aliphatic carbocycles. The Morgan fingerprint density at radius 3 is 2.18 bits per heavy atom. The first kappa shape index (κ1) is 25.1. The fourth-order valence-electron chi connectivity index (χ4n) is 5.17. The van der Waals surface area contributed by atoms with E-state index in [9.17, 15) is 22.4 Å². The van der Waals surface area contributed by atoms with Gasteiger partial charge in [-0.25, -0.2) is 12.8 Å². The normalized spacial score (nSPS) is 25.2. The number of nitrogens with zero attached hydrogens (tertiary/aromatic N) is 1. The van der Waals surface area contributed by atoms with E-state index >= 15 is 0 Å². The number of hydrogen-bond donors (Lipinski definition) is 0. The summed E-state index contributed by atoms with van der Waals surface area (Å²) in [6, 6.07) is 12.2. The summed E-state index contributed by atoms with van der Waals surface area (Å²) in [6.45, 7) is 0.366. The highest BCUT2D eigenvalue weighted by Gasteiger charge is 2.52. The van der Waals surface area contributed by atoms with E-state index in [1.54, 1.807) is 17.0 Å². The predicted molar refractivity (Wildman–Crippen MR) is 133 cm³/mol. The molecule has 2 aromatic carbocycles. The lowest BCUT2D eigenvalue weighted by Gasteiger charge is -2.32. The summed E-state index contributed by atoms with van der Waals surface area (Å²) in [7, 11) is -2.56. The Morgan fingerprint density at radius 1 is 1.00 bits per heavy atom. The summed E-state index contributed by atoms with van der Waals surface area (Å²) in [5, 5.41) is 0. The van der Waals surface area contributed by atoms with Gasteiger partial charge >= 0.3 is 5.97 Å². The maximum absolute atomic E-state index is 13.9. The molecular weight excluding hydrogens is 572 g/mol. The number of rotatable bonds is 5. The third kappa shape index (κ3) is 4.60. The van der Waals surface area contributed by atoms with Crippen molar-refractivity contribution in [3.8, 4) is 0 Å². The smallest absolute Gasteiger partial charge is 0.308 e. The number of likely N-dealkylation sites (tertiary alicyclic amines) is 1. The zero-order valence-electron chi connectivity index (χ0n) is 18.9. The van der Waals surface area contributed by atoms with Gasteiger partial charge < -0.3 is 9.64 Å². The molecule has 1 amide bonds. The van der Waals surface area contributed by atoms with Gasteiger partial charge in [0.2, 0.25) is 5.91 Å². The van der Waals surface area contributed by atoms with Crippen LogP contribution in [0.2, 0.25) is 0 Å². The number of carbonyl (C=O) groups is 2. The molecule has 2 aliphatic rings. The third-order valence-electron chi connectivity index (χ3n) is 7.16. The van der Waals surface area contributed by atoms with Crippen LogP contribution in [0, 0.1) is 21.2 Å². The zero-order valence-corrected chi connectivity index (χ0v) is 21.8. The van der Waals surface area contributed by atoms with Gasteiger partial charge in [0.1, 0.15) is 10.6 Å². The van der Waals surface area contributed by atoms with Gasteiger partial charge in [-0.3, -0.25) is 9.59 Å². The van der Waals surface area contributed by atoms with E-state index in [2.05, 4.69) is 22.6 Å². The molecule has 0 unspecified atom stereocenters. The number of sulfone groups is 1. The highest BCUT2D eigenvalue weighted by molar-refractivity contribution is 14.1. The van der Waals surface area contributed by atoms with Crippen molar-refractivity contribution in [2.45, 2.75) is 41.7 Å². The van der Waals surface area contributed by atoms with E-state index < -0.39 is 20.4 Å². The van der Waals surface area contributed by atoms with Gasteiger partial charge in [0.25, 0.3) is 0 Å². The van der Waals surface area contributed by atoms with Crippen molar-refractivity contribution in [2.24, 2.45) is 11.8 Å². The number of ether oxygens (including phenoxy) is 1. The van der Waals surface area contributed by atoms with Gasteiger partial charge in [-0.05, 0) is 96.7 Å². The number of benzene rings is 2. The molecule has 9 heteroatoms. The van der Waals surface area contributed by atoms with Crippen LogP contribution in [0.15, 0.2) is 53.4 Å². The molecule has 0 spiro atoms. The van der Waals surface area contributed by atoms with Crippen molar-refractivity contribution in [3.63, 3.8) is 0 Å². The van der Waals surface area contributed by atoms with Crippen molar-refractivity contribution >= 4 is 44.3 Å². The second-order valence-electron chi connectivity index (χ2n) is 9.04. The topological polar surface area (TPSA) is 80.8 Å². The van der Waals surface area contributed by atoms with Gasteiger partial charge in [-0.15, -0.1) is 0 Å². The molecule has 2 fully saturated rings. The maximum Gasteiger partial charge on any atom is 0.308 e. The van der Waals surface area contributed by atoms with Crippen LogP contribution >= 0.6 is 22.6 Å². The first-order valence-electron chi connectivity index (χ1n) is 11.3. The lowest BCUT2D eigenvalue weighted by molar-refractivity contribution is -0.148. The fraction of sp³-hybridized carbons (Fsp3) is 0.440. The van der Waals surface area contributed by atoms with Crippen molar-refractivity contribution in [3.05, 3.63) is 63.5 Å². The quantitative estimate of drug-likeness (QED) is 0.291. The van der Waals surface area contributed by atoms with Crippen LogP contribution in [0.3, 0.4) is 0 Å². The SMILES string of the molecule is COC(=O)[C@H]1CC[C@H](C(=O)N2CC[C@](c3ccc(I)cc3)(S(=O)(=O)c3ccc(F)cc3)C2)CC1. The Bertz CT molecular complexity index is 1160. The molecule has 0 aromatic heterocycles. The molecule has 34 heavy (non-hydrogen) atoms. The number of amides is 1. The average Bonchev–Trinajstić information content (AvgIpc) is 3.31. The number of esters is 1. The molecule has 0 bridgehead atoms. The van der Waals surface area contributed by atoms with E-state index in [1.165, 1.54) is 19.2 Å². The summed E-state index contributed by atoms with van der Waals surface area (Å²) in [6.07, 6.45) is 2.60. The largest absolute Gasteiger partial charge is 0.469 e. The van der Waals surface area contributed by atoms with E-state index in [0.717, 1.165) is 15.7 Å². The average molecular weight is 599 g/mol. The first-order valence-corrected chi connectivity index (χ1v) is 13.9. The Kier molecular flexibility index (Phi) is 7.33. The van der Waals surface area contributed by atoms with Gasteiger partial charge in [-0.2, -0.15) is 0 Å². The standard InChI is InChI=1S/C25H27FINO5S/c1-33-24(30)18-4-2-17(3-5-18)23(29)28-15-14-25(16-28,19-6-10-21(27)11-7-19)34(31,32)22-12-8-20(26)9-13-22/h6-13,17-18H,2-5,14-16H2,1H3/t17-,18-,25-/m0/s1. The van der Waals surface area contributed by atoms with Crippen molar-refractivity contribution in [1.29, 1.82) is 0 Å². The Hall–Kier alpha value is -2.01. The van der Waals surface area contributed by atoms with Gasteiger partial charge in [0.15, 0.2) is 9.84 Å². The molecular formula is C25H27FINO5S. The zero-order chi connectivity index (χ0) is 24.5. The lowest BCUT2D eigenvalue weighted by Crippen LogP contribution is -2.42. The molecule has 4 rings (SSSR count). The number of carbonyl (C=O) groups excluding carboxylic acids is 2. The lowest BCUT2D eigenvalue weighted by atomic mass is 9.81. The summed E-state index contributed by atoms with van der Waals surface area (Å²) in [5.41, 5.74) is 0.627. The van der Waals surface area contributed by atoms with Crippen LogP contribution in [0.5, 0.6) is 0 Å². The predicted octanol–water partition coefficient (Wildman–Crippen LogP) is 4.31. The minimum Gasteiger partial charge on any atom is -0.469 e. The molecule has 1 saturated heterocycles. The third-order valence-corrected chi connectivity index (χ3v) is 10.4. The fourth-order valence-corrected chi connectivity index (χ4v) is 7.61. The van der Waals surface area contributed by atoms with Gasteiger partial charge in [0, 0.05) is 22.6 Å². The number of hydrogen-bond acceptors (Lipinski definition) is 5. The van der Waals surface area contributed by atoms with E-state index in [1.807, 2.05) is 12.1 Å². The first-order chi connectivity index (χ1) is 16.2. The monoisotopic (exact) mass is 599 g/mol. The Morgan fingerprint density at radius 2 is 1.59 bits per heavy atom. The molecule has 2 aromatic rings. The van der Waals surface area contributed by atoms with Crippen LogP contribution in [0.4, 0.5) is 4.39 Å². The van der Waals surface area contributed by atoms with E-state index in [4.69, 9.17) is 4.74 Å². The highest BCUT2D eigenvalue weighted by Crippen LogP contribution is 2.44. The molecule has 1 saturated carbocycles. The molecule has 1 heterocycles. The molecule has 1 atom stereocenters. The second-order valence-corrected chi connectivity index (χ2v) is 12.5. The van der Waals surface area contributed by atoms with Crippen LogP contribution < -0.4 is 0 Å². The van der Waals surface area contributed by atoms with E-state index in [-0.39, 0.29) is 41.6 Å². The molecule has 182 valence electrons. The maximum atomic E-state index is 13.9. The minimum atomic E-state index is -3.93. The van der Waals surface area contributed by atoms with Crippen molar-refractivity contribution in [1.82, 2.24) is 4.90 Å². The van der Waals surface area contributed by atoms with Crippen LogP contribution in [0.25, 0.3) is 0 Å². The highest BCUT2D eigenvalue weighted by atomic mass is 127. The summed E-state index contributed by atoms with van der Waals surface area (Å²) >= 11 is 2.16. The minimum absolute atomic E-state index is 0.0420. The molecule has 1 aliphatic heterocycles. The number of methoxy groups -OCH3 is 1. The van der Waals surface area contributed by atoms with Crippen LogP contribution in [0.1, 0.15) is 37.7 Å². The number of halogens is 2.